The fraction of sp³-hybridized carbons (Fsp3) is 0.500. The number of carboxylic acids is 1. The molecule has 2 heterocycles. The predicted octanol–water partition coefficient (Wildman–Crippen LogP) is -2.55. The van der Waals surface area contributed by atoms with Crippen molar-refractivity contribution in [2.24, 2.45) is 0 Å². The minimum absolute atomic E-state index is 0. The molecule has 19 heavy (non-hydrogen) atoms. The van der Waals surface area contributed by atoms with Crippen molar-refractivity contribution in [1.82, 2.24) is 25.0 Å². The van der Waals surface area contributed by atoms with E-state index in [1.807, 2.05) is 0 Å². The number of carbonyl (C=O) groups is 1. The van der Waals surface area contributed by atoms with Gasteiger partial charge in [0.1, 0.15) is 6.33 Å². The second kappa shape index (κ2) is 7.37. The van der Waals surface area contributed by atoms with Crippen molar-refractivity contribution in [3.05, 3.63) is 6.33 Å². The molecule has 0 bridgehead atoms. The maximum absolute atomic E-state index is 10.3. The first-order chi connectivity index (χ1) is 8.68. The van der Waals surface area contributed by atoms with Crippen molar-refractivity contribution in [2.75, 3.05) is 5.73 Å². The predicted molar refractivity (Wildman–Crippen MR) is 63.6 cm³/mol. The number of aryl methyl sites for hydroxylation is 1. The molecule has 0 aliphatic heterocycles. The minimum atomic E-state index is -0.762. The van der Waals surface area contributed by atoms with E-state index in [0.717, 1.165) is 12.8 Å². The number of unbranched alkanes of at least 4 members (excludes halogenated alkanes) is 2. The summed E-state index contributed by atoms with van der Waals surface area (Å²) in [6.45, 7) is 0.645. The van der Waals surface area contributed by atoms with Gasteiger partial charge in [0.05, 0.1) is 0 Å². The third-order valence-electron chi connectivity index (χ3n) is 2.59. The van der Waals surface area contributed by atoms with E-state index >= 15 is 0 Å². The number of rotatable bonds is 6. The van der Waals surface area contributed by atoms with E-state index in [2.05, 4.69) is 20.3 Å². The molecule has 0 amide bonds. The number of fused-ring (bicyclic) bond motifs is 1. The summed E-state index contributed by atoms with van der Waals surface area (Å²) in [7, 11) is 0. The first kappa shape index (κ1) is 15.8. The Morgan fingerprint density at radius 3 is 2.84 bits per heavy atom. The van der Waals surface area contributed by atoms with E-state index in [-0.39, 0.29) is 36.0 Å². The number of nitrogens with two attached hydrogens (primary N) is 1. The molecule has 2 rings (SSSR count). The number of aromatic nitrogens is 5. The second-order valence-corrected chi connectivity index (χ2v) is 3.95. The first-order valence-electron chi connectivity index (χ1n) is 5.70. The van der Waals surface area contributed by atoms with Crippen LogP contribution in [0.2, 0.25) is 0 Å². The second-order valence-electron chi connectivity index (χ2n) is 3.95. The van der Waals surface area contributed by atoms with Crippen LogP contribution in [0.3, 0.4) is 0 Å². The molecule has 0 spiro atoms. The van der Waals surface area contributed by atoms with E-state index in [0.29, 0.717) is 29.9 Å². The van der Waals surface area contributed by atoms with Crippen molar-refractivity contribution >= 4 is 23.0 Å². The zero-order valence-electron chi connectivity index (χ0n) is 10.8. The Morgan fingerprint density at radius 2 is 2.11 bits per heavy atom. The van der Waals surface area contributed by atoms with Crippen LogP contribution in [0.1, 0.15) is 25.7 Å². The average molecular weight is 273 g/mol. The van der Waals surface area contributed by atoms with Crippen LogP contribution < -0.4 is 35.3 Å². The summed E-state index contributed by atoms with van der Waals surface area (Å²) in [5.41, 5.74) is 6.76. The Hall–Kier alpha value is -1.25. The van der Waals surface area contributed by atoms with Gasteiger partial charge < -0.3 is 10.8 Å². The standard InChI is InChI=1S/C10H14N6O2.Na/c11-9-8-10(13-6-12-9)16(15-14-8)5-3-1-2-4-7(17)18;/h6H,1-5H2,(H,17,18)(H2,11,12,13);/q;+1. The Kier molecular flexibility index (Phi) is 6.13. The summed E-state index contributed by atoms with van der Waals surface area (Å²) >= 11 is 0. The molecule has 0 unspecified atom stereocenters. The van der Waals surface area contributed by atoms with Crippen molar-refractivity contribution in [1.29, 1.82) is 0 Å². The molecule has 3 N–H and O–H groups in total. The molecule has 0 aliphatic carbocycles. The summed E-state index contributed by atoms with van der Waals surface area (Å²) in [5, 5.41) is 16.4. The van der Waals surface area contributed by atoms with Crippen LogP contribution in [0.5, 0.6) is 0 Å². The first-order valence-corrected chi connectivity index (χ1v) is 5.70. The van der Waals surface area contributed by atoms with Crippen molar-refractivity contribution < 1.29 is 39.5 Å². The fourth-order valence-electron chi connectivity index (χ4n) is 1.67. The summed E-state index contributed by atoms with van der Waals surface area (Å²) in [4.78, 5) is 18.3. The molecule has 0 aromatic carbocycles. The molecular formula is C10H14N6NaO2+. The van der Waals surface area contributed by atoms with E-state index in [9.17, 15) is 4.79 Å². The normalized spacial score (nSPS) is 10.3. The van der Waals surface area contributed by atoms with Crippen LogP contribution in [0.15, 0.2) is 6.33 Å². The number of nitrogens with zero attached hydrogens (tertiary/aromatic N) is 5. The zero-order valence-corrected chi connectivity index (χ0v) is 12.8. The van der Waals surface area contributed by atoms with Crippen LogP contribution in [-0.2, 0) is 11.3 Å². The molecule has 0 aliphatic rings. The Balaban J connectivity index is 0.00000180. The molecule has 96 valence electrons. The van der Waals surface area contributed by atoms with Gasteiger partial charge in [-0.3, -0.25) is 4.79 Å². The van der Waals surface area contributed by atoms with Crippen molar-refractivity contribution in [3.8, 4) is 0 Å². The molecule has 0 atom stereocenters. The average Bonchev–Trinajstić information content (AvgIpc) is 2.73. The third kappa shape index (κ3) is 4.12. The molecule has 0 radical (unpaired) electrons. The van der Waals surface area contributed by atoms with Gasteiger partial charge in [-0.1, -0.05) is 11.6 Å². The number of anilines is 1. The molecule has 2 aromatic rings. The van der Waals surface area contributed by atoms with Gasteiger partial charge in [0.25, 0.3) is 0 Å². The Morgan fingerprint density at radius 1 is 1.32 bits per heavy atom. The maximum Gasteiger partial charge on any atom is 1.00 e. The molecule has 9 heteroatoms. The van der Waals surface area contributed by atoms with Crippen LogP contribution in [0, 0.1) is 0 Å². The quantitative estimate of drug-likeness (QED) is 0.439. The SMILES string of the molecule is Nc1ncnc2c1nnn2CCCCCC(=O)O.[Na+]. The van der Waals surface area contributed by atoms with Gasteiger partial charge in [0.15, 0.2) is 17.0 Å². The molecule has 2 aromatic heterocycles. The van der Waals surface area contributed by atoms with Crippen LogP contribution in [-0.4, -0.2) is 36.0 Å². The van der Waals surface area contributed by atoms with Crippen LogP contribution in [0.25, 0.3) is 11.2 Å². The zero-order chi connectivity index (χ0) is 13.0. The van der Waals surface area contributed by atoms with Crippen molar-refractivity contribution in [3.63, 3.8) is 0 Å². The van der Waals surface area contributed by atoms with E-state index in [1.54, 1.807) is 4.68 Å². The molecule has 8 nitrogen and oxygen atoms in total. The van der Waals surface area contributed by atoms with E-state index < -0.39 is 5.97 Å². The number of nitrogen functional groups attached to an aromatic ring is 1. The van der Waals surface area contributed by atoms with Gasteiger partial charge in [-0.2, -0.15) is 0 Å². The van der Waals surface area contributed by atoms with Gasteiger partial charge in [0.2, 0.25) is 0 Å². The largest absolute Gasteiger partial charge is 1.00 e. The monoisotopic (exact) mass is 273 g/mol. The van der Waals surface area contributed by atoms with E-state index in [1.165, 1.54) is 6.33 Å². The number of hydrogen-bond acceptors (Lipinski definition) is 6. The smallest absolute Gasteiger partial charge is 0.481 e. The Bertz CT molecular complexity index is 558. The number of carboxylic acid groups (broad SMARTS) is 1. The maximum atomic E-state index is 10.3. The summed E-state index contributed by atoms with van der Waals surface area (Å²) in [5.74, 6) is -0.446. The topological polar surface area (TPSA) is 120 Å². The molecular weight excluding hydrogens is 259 g/mol. The van der Waals surface area contributed by atoms with Gasteiger partial charge in [-0.25, -0.2) is 14.6 Å². The van der Waals surface area contributed by atoms with Gasteiger partial charge in [-0.15, -0.1) is 5.10 Å². The number of aliphatic carboxylic acids is 1. The molecule has 0 saturated heterocycles. The third-order valence-corrected chi connectivity index (χ3v) is 2.59. The fourth-order valence-corrected chi connectivity index (χ4v) is 1.67. The van der Waals surface area contributed by atoms with Gasteiger partial charge in [-0.05, 0) is 12.8 Å². The van der Waals surface area contributed by atoms with Crippen LogP contribution >= 0.6 is 0 Å². The van der Waals surface area contributed by atoms with Gasteiger partial charge in [0, 0.05) is 13.0 Å². The molecule has 0 saturated carbocycles. The molecule has 0 fully saturated rings. The van der Waals surface area contributed by atoms with Gasteiger partial charge >= 0.3 is 35.5 Å². The summed E-state index contributed by atoms with van der Waals surface area (Å²) in [6, 6.07) is 0. The van der Waals surface area contributed by atoms with Crippen molar-refractivity contribution in [2.45, 2.75) is 32.2 Å². The summed E-state index contributed by atoms with van der Waals surface area (Å²) < 4.78 is 1.66. The minimum Gasteiger partial charge on any atom is -0.481 e. The van der Waals surface area contributed by atoms with E-state index in [4.69, 9.17) is 10.8 Å². The summed E-state index contributed by atoms with van der Waals surface area (Å²) in [6.07, 6.45) is 3.90. The Labute approximate surface area is 131 Å². The number of hydrogen-bond donors (Lipinski definition) is 2. The van der Waals surface area contributed by atoms with Crippen LogP contribution in [0.4, 0.5) is 5.82 Å².